The minimum Gasteiger partial charge on any atom is -0.197 e. The van der Waals surface area contributed by atoms with Crippen molar-refractivity contribution in [2.24, 2.45) is 0 Å². The Balaban J connectivity index is 3.91. The number of hydrogen-bond acceptors (Lipinski definition) is 3. The van der Waals surface area contributed by atoms with Gasteiger partial charge in [0.1, 0.15) is 0 Å². The van der Waals surface area contributed by atoms with Crippen molar-refractivity contribution in [2.75, 3.05) is 0 Å². The van der Waals surface area contributed by atoms with Crippen molar-refractivity contribution in [3.63, 3.8) is 0 Å². The standard InChI is InChI=1S/C12H20N2S/c1-3-5-7-11(9-13)15-12(10-14)8-6-4-2/h11-12H,3-8H2,1-2H3. The molecule has 0 fully saturated rings. The lowest BCUT2D eigenvalue weighted by molar-refractivity contribution is 0.725. The Bertz CT molecular complexity index is 203. The molecule has 0 spiro atoms. The Labute approximate surface area is 97.7 Å². The summed E-state index contributed by atoms with van der Waals surface area (Å²) < 4.78 is 0. The van der Waals surface area contributed by atoms with Crippen LogP contribution in [0.5, 0.6) is 0 Å². The van der Waals surface area contributed by atoms with E-state index < -0.39 is 0 Å². The van der Waals surface area contributed by atoms with Gasteiger partial charge >= 0.3 is 0 Å². The van der Waals surface area contributed by atoms with Crippen LogP contribution >= 0.6 is 11.8 Å². The summed E-state index contributed by atoms with van der Waals surface area (Å²) >= 11 is 1.55. The van der Waals surface area contributed by atoms with Crippen molar-refractivity contribution in [3.05, 3.63) is 0 Å². The lowest BCUT2D eigenvalue weighted by Gasteiger charge is -2.12. The fraction of sp³-hybridized carbons (Fsp3) is 0.833. The molecule has 3 heteroatoms. The zero-order valence-corrected chi connectivity index (χ0v) is 10.5. The summed E-state index contributed by atoms with van der Waals surface area (Å²) in [5.41, 5.74) is 0. The third kappa shape index (κ3) is 7.28. The number of thioether (sulfide) groups is 1. The predicted octanol–water partition coefficient (Wildman–Crippen LogP) is 3.88. The molecule has 0 saturated heterocycles. The zero-order chi connectivity index (χ0) is 11.5. The van der Waals surface area contributed by atoms with E-state index in [-0.39, 0.29) is 10.5 Å². The van der Waals surface area contributed by atoms with Gasteiger partial charge in [0.05, 0.1) is 22.6 Å². The summed E-state index contributed by atoms with van der Waals surface area (Å²) in [6.07, 6.45) is 6.23. The average Bonchev–Trinajstić information content (AvgIpc) is 2.28. The molecule has 0 aromatic rings. The third-order valence-corrected chi connectivity index (χ3v) is 3.60. The summed E-state index contributed by atoms with van der Waals surface area (Å²) in [5.74, 6) is 0. The van der Waals surface area contributed by atoms with Crippen molar-refractivity contribution in [1.29, 1.82) is 10.5 Å². The molecule has 2 nitrogen and oxygen atoms in total. The van der Waals surface area contributed by atoms with Crippen LogP contribution in [-0.2, 0) is 0 Å². The third-order valence-electron chi connectivity index (χ3n) is 2.26. The molecule has 0 saturated carbocycles. The van der Waals surface area contributed by atoms with Gasteiger partial charge in [0.25, 0.3) is 0 Å². The molecule has 0 aliphatic rings. The minimum absolute atomic E-state index is 0.00598. The molecule has 0 radical (unpaired) electrons. The summed E-state index contributed by atoms with van der Waals surface area (Å²) in [6, 6.07) is 4.58. The van der Waals surface area contributed by atoms with Crippen molar-refractivity contribution in [2.45, 2.75) is 62.9 Å². The van der Waals surface area contributed by atoms with Crippen molar-refractivity contribution < 1.29 is 0 Å². The fourth-order valence-electron chi connectivity index (χ4n) is 1.30. The van der Waals surface area contributed by atoms with Crippen LogP contribution in [0, 0.1) is 22.7 Å². The maximum Gasteiger partial charge on any atom is 0.0929 e. The van der Waals surface area contributed by atoms with Gasteiger partial charge in [0, 0.05) is 0 Å². The van der Waals surface area contributed by atoms with E-state index in [9.17, 15) is 0 Å². The second kappa shape index (κ2) is 9.87. The quantitative estimate of drug-likeness (QED) is 0.628. The van der Waals surface area contributed by atoms with E-state index >= 15 is 0 Å². The van der Waals surface area contributed by atoms with Crippen LogP contribution in [0.2, 0.25) is 0 Å². The second-order valence-corrected chi connectivity index (χ2v) is 5.07. The van der Waals surface area contributed by atoms with E-state index in [1.807, 2.05) is 0 Å². The van der Waals surface area contributed by atoms with E-state index in [1.54, 1.807) is 11.8 Å². The molecule has 0 aromatic heterocycles. The van der Waals surface area contributed by atoms with Gasteiger partial charge in [0.15, 0.2) is 0 Å². The first kappa shape index (κ1) is 14.3. The van der Waals surface area contributed by atoms with Gasteiger partial charge in [-0.05, 0) is 12.8 Å². The topological polar surface area (TPSA) is 47.6 Å². The summed E-state index contributed by atoms with van der Waals surface area (Å²) in [6.45, 7) is 4.25. The number of unbranched alkanes of at least 4 members (excludes halogenated alkanes) is 2. The number of nitrogens with zero attached hydrogens (tertiary/aromatic N) is 2. The van der Waals surface area contributed by atoms with Crippen LogP contribution in [0.1, 0.15) is 52.4 Å². The van der Waals surface area contributed by atoms with Crippen LogP contribution in [0.25, 0.3) is 0 Å². The SMILES string of the molecule is CCCCC(C#N)SC(C#N)CCCC. The predicted molar refractivity (Wildman–Crippen MR) is 65.4 cm³/mol. The molecule has 0 rings (SSSR count). The Kier molecular flexibility index (Phi) is 9.43. The summed E-state index contributed by atoms with van der Waals surface area (Å²) in [7, 11) is 0. The number of nitriles is 2. The highest BCUT2D eigenvalue weighted by atomic mass is 32.2. The highest BCUT2D eigenvalue weighted by Crippen LogP contribution is 2.25. The Morgan fingerprint density at radius 1 is 0.933 bits per heavy atom. The van der Waals surface area contributed by atoms with Crippen LogP contribution in [0.3, 0.4) is 0 Å². The lowest BCUT2D eigenvalue weighted by Crippen LogP contribution is -2.08. The van der Waals surface area contributed by atoms with E-state index in [0.29, 0.717) is 0 Å². The van der Waals surface area contributed by atoms with E-state index in [4.69, 9.17) is 10.5 Å². The Hall–Kier alpha value is -0.670. The molecule has 2 atom stereocenters. The smallest absolute Gasteiger partial charge is 0.0929 e. The average molecular weight is 224 g/mol. The fourth-order valence-corrected chi connectivity index (χ4v) is 2.43. The van der Waals surface area contributed by atoms with Crippen molar-refractivity contribution in [1.82, 2.24) is 0 Å². The van der Waals surface area contributed by atoms with Gasteiger partial charge in [-0.2, -0.15) is 10.5 Å². The summed E-state index contributed by atoms with van der Waals surface area (Å²) in [4.78, 5) is 0. The zero-order valence-electron chi connectivity index (χ0n) is 9.70. The molecular formula is C12H20N2S. The van der Waals surface area contributed by atoms with Gasteiger partial charge in [0.2, 0.25) is 0 Å². The molecule has 15 heavy (non-hydrogen) atoms. The molecule has 0 N–H and O–H groups in total. The van der Waals surface area contributed by atoms with Gasteiger partial charge in [-0.1, -0.05) is 39.5 Å². The van der Waals surface area contributed by atoms with Crippen LogP contribution in [0.4, 0.5) is 0 Å². The van der Waals surface area contributed by atoms with Crippen LogP contribution < -0.4 is 0 Å². The number of hydrogen-bond donors (Lipinski definition) is 0. The maximum atomic E-state index is 8.94. The van der Waals surface area contributed by atoms with Gasteiger partial charge < -0.3 is 0 Å². The molecule has 0 amide bonds. The highest BCUT2D eigenvalue weighted by molar-refractivity contribution is 8.00. The lowest BCUT2D eigenvalue weighted by atomic mass is 10.2. The second-order valence-electron chi connectivity index (χ2n) is 3.66. The van der Waals surface area contributed by atoms with Gasteiger partial charge in [-0.3, -0.25) is 0 Å². The van der Waals surface area contributed by atoms with E-state index in [2.05, 4.69) is 26.0 Å². The molecule has 84 valence electrons. The Morgan fingerprint density at radius 2 is 1.33 bits per heavy atom. The molecule has 2 unspecified atom stereocenters. The molecule has 0 aliphatic carbocycles. The van der Waals surface area contributed by atoms with Crippen molar-refractivity contribution in [3.8, 4) is 12.1 Å². The van der Waals surface area contributed by atoms with Crippen LogP contribution in [0.15, 0.2) is 0 Å². The van der Waals surface area contributed by atoms with E-state index in [1.165, 1.54) is 0 Å². The first-order chi connectivity index (χ1) is 7.28. The normalized spacial score (nSPS) is 13.9. The molecule has 0 heterocycles. The molecular weight excluding hydrogens is 204 g/mol. The maximum absolute atomic E-state index is 8.94. The van der Waals surface area contributed by atoms with Crippen molar-refractivity contribution >= 4 is 11.8 Å². The van der Waals surface area contributed by atoms with Gasteiger partial charge in [-0.25, -0.2) is 0 Å². The first-order valence-electron chi connectivity index (χ1n) is 5.73. The molecule has 0 aromatic carbocycles. The number of rotatable bonds is 8. The Morgan fingerprint density at radius 3 is 1.60 bits per heavy atom. The minimum atomic E-state index is 0.00598. The monoisotopic (exact) mass is 224 g/mol. The summed E-state index contributed by atoms with van der Waals surface area (Å²) in [5, 5.41) is 17.9. The molecule has 0 bridgehead atoms. The first-order valence-corrected chi connectivity index (χ1v) is 6.67. The van der Waals surface area contributed by atoms with E-state index in [0.717, 1.165) is 38.5 Å². The van der Waals surface area contributed by atoms with Crippen LogP contribution in [-0.4, -0.2) is 10.5 Å². The highest BCUT2D eigenvalue weighted by Gasteiger charge is 2.15. The molecule has 0 aliphatic heterocycles. The van der Waals surface area contributed by atoms with Gasteiger partial charge in [-0.15, -0.1) is 11.8 Å². The largest absolute Gasteiger partial charge is 0.197 e.